The summed E-state index contributed by atoms with van der Waals surface area (Å²) in [6.45, 7) is 6.75. The van der Waals surface area contributed by atoms with Crippen LogP contribution in [0.15, 0.2) is 54.7 Å². The van der Waals surface area contributed by atoms with E-state index in [-0.39, 0.29) is 6.61 Å². The Morgan fingerprint density at radius 2 is 1.86 bits per heavy atom. The van der Waals surface area contributed by atoms with Gasteiger partial charge >= 0.3 is 0 Å². The van der Waals surface area contributed by atoms with E-state index in [0.29, 0.717) is 12.4 Å². The Kier molecular flexibility index (Phi) is 6.70. The van der Waals surface area contributed by atoms with Crippen LogP contribution in [-0.4, -0.2) is 73.5 Å². The lowest BCUT2D eigenvalue weighted by atomic mass is 9.93. The molecule has 1 aromatic heterocycles. The number of aromatic nitrogens is 1. The number of aromatic amines is 1. The van der Waals surface area contributed by atoms with E-state index in [9.17, 15) is 4.53 Å². The average Bonchev–Trinajstić information content (AvgIpc) is 3.32. The molecule has 5 rings (SSSR count). The largest absolute Gasteiger partial charge is 0.356 e. The summed E-state index contributed by atoms with van der Waals surface area (Å²) in [5, 5.41) is 8.83. The molecule has 0 atom stereocenters. The van der Waals surface area contributed by atoms with Crippen LogP contribution in [-0.2, 0) is 4.94 Å². The van der Waals surface area contributed by atoms with Crippen LogP contribution < -0.4 is 4.90 Å². The van der Waals surface area contributed by atoms with Crippen molar-refractivity contribution in [1.29, 1.82) is 5.41 Å². The molecule has 1 fully saturated rings. The van der Waals surface area contributed by atoms with Crippen LogP contribution in [0.25, 0.3) is 22.8 Å². The zero-order valence-electron chi connectivity index (χ0n) is 20.4. The Morgan fingerprint density at radius 1 is 1.06 bits per heavy atom. The van der Waals surface area contributed by atoms with Crippen LogP contribution >= 0.6 is 0 Å². The topological polar surface area (TPSA) is 58.6 Å². The van der Waals surface area contributed by atoms with Gasteiger partial charge in [0.05, 0.1) is 0 Å². The van der Waals surface area contributed by atoms with Crippen molar-refractivity contribution in [3.8, 4) is 11.1 Å². The third-order valence-corrected chi connectivity index (χ3v) is 7.12. The van der Waals surface area contributed by atoms with Crippen LogP contribution in [0.5, 0.6) is 0 Å². The van der Waals surface area contributed by atoms with Gasteiger partial charge in [-0.3, -0.25) is 10.3 Å². The number of likely N-dealkylation sites (N-methyl/N-ethyl adjacent to an activating group) is 1. The second-order valence-electron chi connectivity index (χ2n) is 9.38. The average molecular weight is 474 g/mol. The number of anilines is 1. The number of amidine groups is 1. The molecule has 2 aliphatic heterocycles. The van der Waals surface area contributed by atoms with Gasteiger partial charge in [-0.1, -0.05) is 42.5 Å². The van der Waals surface area contributed by atoms with Crippen molar-refractivity contribution in [2.75, 3.05) is 57.8 Å². The van der Waals surface area contributed by atoms with Crippen molar-refractivity contribution in [3.05, 3.63) is 77.0 Å². The van der Waals surface area contributed by atoms with Gasteiger partial charge in [0.1, 0.15) is 18.3 Å². The summed E-state index contributed by atoms with van der Waals surface area (Å²) < 4.78 is 12.0. The van der Waals surface area contributed by atoms with E-state index in [0.717, 1.165) is 49.7 Å². The van der Waals surface area contributed by atoms with Gasteiger partial charge in [0.25, 0.3) is 0 Å². The van der Waals surface area contributed by atoms with E-state index in [1.165, 1.54) is 27.8 Å². The van der Waals surface area contributed by atoms with Gasteiger partial charge in [-0.05, 0) is 45.9 Å². The number of nitrogens with zero attached hydrogens (tertiary/aromatic N) is 3. The Bertz CT molecular complexity index is 1240. The van der Waals surface area contributed by atoms with Crippen LogP contribution in [0.3, 0.4) is 0 Å². The zero-order chi connectivity index (χ0) is 24.4. The van der Waals surface area contributed by atoms with Crippen molar-refractivity contribution in [2.45, 2.75) is 6.92 Å². The fourth-order valence-corrected chi connectivity index (χ4v) is 5.12. The molecule has 2 aliphatic rings. The Hall–Kier alpha value is -3.42. The second-order valence-corrected chi connectivity index (χ2v) is 9.38. The number of H-pyrrole nitrogens is 1. The number of hydrogen-bond acceptors (Lipinski definition) is 4. The number of halogens is 1. The zero-order valence-corrected chi connectivity index (χ0v) is 20.4. The molecule has 3 aromatic rings. The third-order valence-electron chi connectivity index (χ3n) is 7.12. The van der Waals surface area contributed by atoms with Gasteiger partial charge in [-0.15, -0.1) is 0 Å². The monoisotopic (exact) mass is 473 g/mol. The first-order chi connectivity index (χ1) is 17.0. The van der Waals surface area contributed by atoms with Gasteiger partial charge in [-0.25, -0.2) is 0 Å². The van der Waals surface area contributed by atoms with E-state index in [4.69, 9.17) is 5.41 Å². The number of rotatable bonds is 6. The molecule has 35 heavy (non-hydrogen) atoms. The number of hydrogen-bond donors (Lipinski definition) is 2. The first-order valence-electron chi connectivity index (χ1n) is 12.1. The summed E-state index contributed by atoms with van der Waals surface area (Å²) in [6, 6.07) is 16.8. The molecule has 1 saturated heterocycles. The van der Waals surface area contributed by atoms with Crippen LogP contribution in [0, 0.1) is 12.3 Å². The second kappa shape index (κ2) is 10.1. The lowest BCUT2D eigenvalue weighted by Gasteiger charge is -2.36. The number of fused-ring (bicyclic) bond motifs is 1. The molecule has 0 amide bonds. The van der Waals surface area contributed by atoms with Gasteiger partial charge in [0.2, 0.25) is 0 Å². The molecule has 0 radical (unpaired) electrons. The summed E-state index contributed by atoms with van der Waals surface area (Å²) >= 11 is 0. The third kappa shape index (κ3) is 4.74. The van der Waals surface area contributed by atoms with Gasteiger partial charge < -0.3 is 14.8 Å². The molecule has 0 bridgehead atoms. The lowest BCUT2D eigenvalue weighted by molar-refractivity contribution is -0.137. The highest BCUT2D eigenvalue weighted by Crippen LogP contribution is 2.39. The molecule has 2 N–H and O–H groups in total. The minimum atomic E-state index is 0.0947. The molecule has 182 valence electrons. The summed E-state index contributed by atoms with van der Waals surface area (Å²) in [4.78, 5) is 13.7. The minimum Gasteiger partial charge on any atom is -0.356 e. The summed E-state index contributed by atoms with van der Waals surface area (Å²) in [5.74, 6) is 1.67. The van der Waals surface area contributed by atoms with Crippen LogP contribution in [0.2, 0.25) is 0 Å². The van der Waals surface area contributed by atoms with Gasteiger partial charge in [0, 0.05) is 69.2 Å². The molecule has 6 nitrogen and oxygen atoms in total. The summed E-state index contributed by atoms with van der Waals surface area (Å²) in [7, 11) is 2.11. The van der Waals surface area contributed by atoms with Gasteiger partial charge in [-0.2, -0.15) is 4.94 Å². The first-order valence-corrected chi connectivity index (χ1v) is 12.1. The molecule has 2 aromatic carbocycles. The Morgan fingerprint density at radius 3 is 2.63 bits per heavy atom. The van der Waals surface area contributed by atoms with E-state index in [1.807, 2.05) is 12.1 Å². The molecule has 0 unspecified atom stereocenters. The number of aryl methyl sites for hydroxylation is 1. The molecule has 0 aliphatic carbocycles. The highest BCUT2D eigenvalue weighted by Gasteiger charge is 2.23. The SMILES string of the molecule is Cc1ccccc1-c1c[nH]c2c1C=C(c1cccc(C(=N)N3CCN(CCOF)CC3)c1)CN2C. The lowest BCUT2D eigenvalue weighted by Crippen LogP contribution is -2.49. The maximum Gasteiger partial charge on any atom is 0.128 e. The molecular formula is C28H32FN5O. The van der Waals surface area contributed by atoms with E-state index in [2.05, 4.69) is 87.3 Å². The maximum absolute atomic E-state index is 12.0. The predicted molar refractivity (Wildman–Crippen MR) is 140 cm³/mol. The summed E-state index contributed by atoms with van der Waals surface area (Å²) in [5.41, 5.74) is 8.21. The van der Waals surface area contributed by atoms with Crippen molar-refractivity contribution >= 4 is 23.3 Å². The molecule has 3 heterocycles. The Labute approximate surface area is 206 Å². The standard InChI is InChI=1S/C28H32FN5O/c1-20-6-3-4-9-24(20)26-18-31-28-25(26)17-23(19-32(28)2)21-7-5-8-22(16-21)27(30)34-12-10-33(11-13-34)14-15-35-29/h3-9,16-18,30-31H,10-15,19H2,1-2H3. The van der Waals surface area contributed by atoms with Crippen molar-refractivity contribution < 1.29 is 9.47 Å². The Balaban J connectivity index is 1.39. The fraction of sp³-hybridized carbons (Fsp3) is 0.321. The highest BCUT2D eigenvalue weighted by molar-refractivity contribution is 6.00. The molecular weight excluding hydrogens is 441 g/mol. The smallest absolute Gasteiger partial charge is 0.128 e. The van der Waals surface area contributed by atoms with E-state index in [1.54, 1.807) is 0 Å². The van der Waals surface area contributed by atoms with Crippen LogP contribution in [0.1, 0.15) is 22.3 Å². The van der Waals surface area contributed by atoms with Crippen molar-refractivity contribution in [3.63, 3.8) is 0 Å². The highest BCUT2D eigenvalue weighted by atomic mass is 19.3. The van der Waals surface area contributed by atoms with Crippen molar-refractivity contribution in [2.24, 2.45) is 0 Å². The number of benzene rings is 2. The molecule has 0 saturated carbocycles. The van der Waals surface area contributed by atoms with Gasteiger partial charge in [0.15, 0.2) is 0 Å². The fourth-order valence-electron chi connectivity index (χ4n) is 5.12. The maximum atomic E-state index is 12.0. The summed E-state index contributed by atoms with van der Waals surface area (Å²) in [6.07, 6.45) is 4.40. The molecule has 7 heteroatoms. The number of nitrogens with one attached hydrogen (secondary N) is 2. The van der Waals surface area contributed by atoms with E-state index >= 15 is 0 Å². The predicted octanol–water partition coefficient (Wildman–Crippen LogP) is 4.82. The van der Waals surface area contributed by atoms with Crippen molar-refractivity contribution in [1.82, 2.24) is 14.8 Å². The van der Waals surface area contributed by atoms with Crippen LogP contribution in [0.4, 0.5) is 10.3 Å². The number of piperazine rings is 1. The minimum absolute atomic E-state index is 0.0947. The van der Waals surface area contributed by atoms with E-state index < -0.39 is 0 Å². The quantitative estimate of drug-likeness (QED) is 0.398. The normalized spacial score (nSPS) is 16.3. The molecule has 0 spiro atoms. The first kappa shape index (κ1) is 23.3.